The smallest absolute Gasteiger partial charge is 0.0889 e. The van der Waals surface area contributed by atoms with Gasteiger partial charge in [-0.1, -0.05) is 20.8 Å². The molecule has 0 bridgehead atoms. The molecule has 2 aromatic heterocycles. The number of benzene rings is 1. The second kappa shape index (κ2) is 7.78. The molecular weight excluding hydrogens is 380 g/mol. The third-order valence-corrected chi connectivity index (χ3v) is 7.25. The Balaban J connectivity index is 2.11. The first-order valence-corrected chi connectivity index (χ1v) is 11.7. The zero-order valence-corrected chi connectivity index (χ0v) is 20.0. The highest BCUT2D eigenvalue weighted by atomic mass is 32.1. The molecule has 1 nitrogen and oxygen atoms in total. The van der Waals surface area contributed by atoms with Crippen LogP contribution in [-0.4, -0.2) is 6.61 Å². The number of hydrogen-bond acceptors (Lipinski definition) is 3. The van der Waals surface area contributed by atoms with Crippen molar-refractivity contribution in [3.05, 3.63) is 57.3 Å². The topological polar surface area (TPSA) is 9.23 Å². The van der Waals surface area contributed by atoms with Gasteiger partial charge in [0.1, 0.15) is 0 Å². The first-order chi connectivity index (χ1) is 13.1. The van der Waals surface area contributed by atoms with Crippen LogP contribution in [0.1, 0.15) is 63.8 Å². The Morgan fingerprint density at radius 1 is 0.786 bits per heavy atom. The van der Waals surface area contributed by atoms with Crippen molar-refractivity contribution in [1.82, 2.24) is 0 Å². The normalized spacial score (nSPS) is 12.6. The Hall–Kier alpha value is -1.42. The lowest BCUT2D eigenvalue weighted by atomic mass is 9.84. The second-order valence-corrected chi connectivity index (χ2v) is 10.8. The minimum absolute atomic E-state index is 0.150. The summed E-state index contributed by atoms with van der Waals surface area (Å²) in [6.07, 6.45) is 0. The van der Waals surface area contributed by atoms with Crippen LogP contribution in [0.2, 0.25) is 0 Å². The van der Waals surface area contributed by atoms with E-state index in [0.29, 0.717) is 6.61 Å². The monoisotopic (exact) mass is 412 g/mol. The molecule has 0 amide bonds. The molecule has 0 atom stereocenters. The highest BCUT2D eigenvalue weighted by Crippen LogP contribution is 2.43. The van der Waals surface area contributed by atoms with E-state index in [0.717, 1.165) is 0 Å². The summed E-state index contributed by atoms with van der Waals surface area (Å²) in [5, 5.41) is 4.41. The average molecular weight is 413 g/mol. The van der Waals surface area contributed by atoms with Crippen LogP contribution in [0.25, 0.3) is 20.9 Å². The molecule has 1 aromatic carbocycles. The molecular formula is C25H32OS2. The van der Waals surface area contributed by atoms with E-state index < -0.39 is 0 Å². The van der Waals surface area contributed by atoms with E-state index in [1.807, 2.05) is 22.7 Å². The van der Waals surface area contributed by atoms with Crippen LogP contribution in [0, 0.1) is 13.8 Å². The summed E-state index contributed by atoms with van der Waals surface area (Å²) in [4.78, 5) is 2.73. The van der Waals surface area contributed by atoms with Crippen molar-refractivity contribution in [2.75, 3.05) is 6.61 Å². The summed E-state index contributed by atoms with van der Waals surface area (Å²) in [6, 6.07) is 9.25. The predicted octanol–water partition coefficient (Wildman–Crippen LogP) is 8.33. The zero-order valence-electron chi connectivity index (χ0n) is 18.4. The molecule has 0 aliphatic carbocycles. The number of thiophene rings is 2. The lowest BCUT2D eigenvalue weighted by Crippen LogP contribution is -2.21. The van der Waals surface area contributed by atoms with E-state index in [1.165, 1.54) is 43.1 Å². The molecule has 150 valence electrons. The lowest BCUT2D eigenvalue weighted by Gasteiger charge is -2.26. The summed E-state index contributed by atoms with van der Waals surface area (Å²) < 4.78 is 6.05. The van der Waals surface area contributed by atoms with Gasteiger partial charge in [-0.2, -0.15) is 0 Å². The Labute approximate surface area is 178 Å². The molecule has 2 heterocycles. The highest BCUT2D eigenvalue weighted by molar-refractivity contribution is 7.14. The summed E-state index contributed by atoms with van der Waals surface area (Å²) in [5.74, 6) is 0. The Kier molecular flexibility index (Phi) is 5.91. The van der Waals surface area contributed by atoms with Gasteiger partial charge >= 0.3 is 0 Å². The maximum atomic E-state index is 6.05. The Morgan fingerprint density at radius 3 is 1.71 bits per heavy atom. The van der Waals surface area contributed by atoms with Crippen LogP contribution in [0.15, 0.2) is 35.0 Å². The third kappa shape index (κ3) is 3.98. The fourth-order valence-corrected chi connectivity index (χ4v) is 6.16. The van der Waals surface area contributed by atoms with Crippen molar-refractivity contribution in [1.29, 1.82) is 0 Å². The Bertz CT molecular complexity index is 967. The molecule has 0 N–H and O–H groups in total. The zero-order chi connectivity index (χ0) is 20.7. The molecule has 0 spiro atoms. The molecule has 0 radical (unpaired) electrons. The van der Waals surface area contributed by atoms with Gasteiger partial charge in [0, 0.05) is 21.9 Å². The molecule has 0 saturated carbocycles. The van der Waals surface area contributed by atoms with Gasteiger partial charge in [0.2, 0.25) is 0 Å². The van der Waals surface area contributed by atoms with E-state index in [2.05, 4.69) is 90.4 Å². The van der Waals surface area contributed by atoms with E-state index in [4.69, 9.17) is 4.74 Å². The van der Waals surface area contributed by atoms with Crippen molar-refractivity contribution in [2.45, 2.75) is 66.4 Å². The SMILES string of the molecule is CCOC(C)(C)c1ccsc1-c1cc(C)c(-c2sccc2C(C)(C)C)cc1C. The number of rotatable bonds is 5. The molecule has 28 heavy (non-hydrogen) atoms. The molecule has 0 saturated heterocycles. The molecule has 3 heteroatoms. The average Bonchev–Trinajstić information content (AvgIpc) is 3.25. The third-order valence-electron chi connectivity index (χ3n) is 5.35. The van der Waals surface area contributed by atoms with E-state index in [1.54, 1.807) is 0 Å². The van der Waals surface area contributed by atoms with Crippen LogP contribution in [-0.2, 0) is 15.8 Å². The second-order valence-electron chi connectivity index (χ2n) is 9.00. The van der Waals surface area contributed by atoms with Gasteiger partial charge in [-0.3, -0.25) is 0 Å². The number of ether oxygens (including phenoxy) is 1. The minimum Gasteiger partial charge on any atom is -0.371 e. The van der Waals surface area contributed by atoms with Crippen molar-refractivity contribution >= 4 is 22.7 Å². The molecule has 0 unspecified atom stereocenters. The fraction of sp³-hybridized carbons (Fsp3) is 0.440. The van der Waals surface area contributed by atoms with Gasteiger partial charge in [-0.15, -0.1) is 22.7 Å². The summed E-state index contributed by atoms with van der Waals surface area (Å²) in [7, 11) is 0. The molecule has 0 aliphatic rings. The first-order valence-electron chi connectivity index (χ1n) is 9.98. The van der Waals surface area contributed by atoms with Crippen LogP contribution in [0.4, 0.5) is 0 Å². The van der Waals surface area contributed by atoms with Gasteiger partial charge in [0.05, 0.1) is 5.60 Å². The largest absolute Gasteiger partial charge is 0.371 e. The molecule has 0 aliphatic heterocycles. The minimum atomic E-state index is -0.281. The van der Waals surface area contributed by atoms with Crippen LogP contribution in [0.3, 0.4) is 0 Å². The van der Waals surface area contributed by atoms with Gasteiger partial charge < -0.3 is 4.74 Å². The maximum absolute atomic E-state index is 6.05. The van der Waals surface area contributed by atoms with Crippen LogP contribution >= 0.6 is 22.7 Å². The van der Waals surface area contributed by atoms with Gasteiger partial charge in [-0.05, 0) is 103 Å². The van der Waals surface area contributed by atoms with E-state index >= 15 is 0 Å². The highest BCUT2D eigenvalue weighted by Gasteiger charge is 2.27. The first kappa shape index (κ1) is 21.3. The summed E-state index contributed by atoms with van der Waals surface area (Å²) in [6.45, 7) is 18.5. The molecule has 3 aromatic rings. The van der Waals surface area contributed by atoms with Crippen LogP contribution in [0.5, 0.6) is 0 Å². The van der Waals surface area contributed by atoms with E-state index in [-0.39, 0.29) is 11.0 Å². The van der Waals surface area contributed by atoms with Gasteiger partial charge in [0.25, 0.3) is 0 Å². The summed E-state index contributed by atoms with van der Waals surface area (Å²) >= 11 is 3.66. The van der Waals surface area contributed by atoms with Crippen molar-refractivity contribution in [3.63, 3.8) is 0 Å². The van der Waals surface area contributed by atoms with Gasteiger partial charge in [0.15, 0.2) is 0 Å². The lowest BCUT2D eigenvalue weighted by molar-refractivity contribution is -0.0133. The fourth-order valence-electron chi connectivity index (χ4n) is 3.84. The maximum Gasteiger partial charge on any atom is 0.0889 e. The van der Waals surface area contributed by atoms with Crippen molar-refractivity contribution < 1.29 is 4.74 Å². The van der Waals surface area contributed by atoms with Crippen molar-refractivity contribution in [2.24, 2.45) is 0 Å². The number of aryl methyl sites for hydroxylation is 2. The van der Waals surface area contributed by atoms with Gasteiger partial charge in [-0.25, -0.2) is 0 Å². The standard InChI is InChI=1S/C25H32OS2/c1-9-26-25(7,8)21-11-13-28-23(21)19-15-16(2)18(14-17(19)3)22-20(10-12-27-22)24(4,5)6/h10-15H,9H2,1-8H3. The van der Waals surface area contributed by atoms with Crippen LogP contribution < -0.4 is 0 Å². The summed E-state index contributed by atoms with van der Waals surface area (Å²) in [5.41, 5.74) is 7.93. The Morgan fingerprint density at radius 2 is 1.25 bits per heavy atom. The van der Waals surface area contributed by atoms with E-state index in [9.17, 15) is 0 Å². The quantitative estimate of drug-likeness (QED) is 0.409. The predicted molar refractivity (Wildman–Crippen MR) is 126 cm³/mol. The van der Waals surface area contributed by atoms with Crippen molar-refractivity contribution in [3.8, 4) is 20.9 Å². The number of hydrogen-bond donors (Lipinski definition) is 0. The molecule has 3 rings (SSSR count). The molecule has 0 fully saturated rings.